The maximum Gasteiger partial charge on any atom is 0.336 e. The largest absolute Gasteiger partial charge is 0.338 e. The third-order valence-electron chi connectivity index (χ3n) is 5.84. The quantitative estimate of drug-likeness (QED) is 0.344. The molecule has 0 atom stereocenters. The van der Waals surface area contributed by atoms with Gasteiger partial charge in [0.25, 0.3) is 5.56 Å². The van der Waals surface area contributed by atoms with E-state index in [-0.39, 0.29) is 11.6 Å². The molecule has 0 unspecified atom stereocenters. The molecule has 0 aliphatic carbocycles. The van der Waals surface area contributed by atoms with E-state index in [9.17, 15) is 14.0 Å². The lowest BCUT2D eigenvalue weighted by molar-refractivity contribution is 0.626. The van der Waals surface area contributed by atoms with Gasteiger partial charge in [-0.05, 0) is 55.0 Å². The number of rotatable bonds is 3. The van der Waals surface area contributed by atoms with Gasteiger partial charge in [0.15, 0.2) is 0 Å². The first-order chi connectivity index (χ1) is 15.8. The number of aromatic nitrogens is 3. The fourth-order valence-corrected chi connectivity index (χ4v) is 4.69. The normalized spacial score (nSPS) is 11.5. The van der Waals surface area contributed by atoms with Crippen LogP contribution >= 0.6 is 23.2 Å². The van der Waals surface area contributed by atoms with Crippen molar-refractivity contribution in [1.82, 2.24) is 13.7 Å². The first kappa shape index (κ1) is 21.5. The third-order valence-corrected chi connectivity index (χ3v) is 6.42. The molecule has 0 saturated carbocycles. The smallest absolute Gasteiger partial charge is 0.336 e. The van der Waals surface area contributed by atoms with Crippen LogP contribution in [0.3, 0.4) is 0 Å². The predicted octanol–water partition coefficient (Wildman–Crippen LogP) is 5.45. The van der Waals surface area contributed by atoms with Gasteiger partial charge in [-0.15, -0.1) is 0 Å². The van der Waals surface area contributed by atoms with E-state index < -0.39 is 17.1 Å². The Hall–Kier alpha value is -3.35. The van der Waals surface area contributed by atoms with Crippen LogP contribution in [0.5, 0.6) is 0 Å². The lowest BCUT2D eigenvalue weighted by atomic mass is 10.1. The van der Waals surface area contributed by atoms with E-state index in [0.29, 0.717) is 27.3 Å². The molecule has 5 aromatic rings. The summed E-state index contributed by atoms with van der Waals surface area (Å²) in [6.07, 6.45) is 0. The second kappa shape index (κ2) is 7.90. The molecule has 33 heavy (non-hydrogen) atoms. The highest BCUT2D eigenvalue weighted by atomic mass is 35.5. The summed E-state index contributed by atoms with van der Waals surface area (Å²) in [5.41, 5.74) is 2.61. The Morgan fingerprint density at radius 1 is 0.939 bits per heavy atom. The summed E-state index contributed by atoms with van der Waals surface area (Å²) in [6.45, 7) is 2.01. The van der Waals surface area contributed by atoms with E-state index in [1.807, 2.05) is 25.1 Å². The Morgan fingerprint density at radius 3 is 2.45 bits per heavy atom. The molecule has 0 radical (unpaired) electrons. The predicted molar refractivity (Wildman–Crippen MR) is 131 cm³/mol. The number of halogens is 3. The monoisotopic (exact) mass is 481 g/mol. The molecule has 2 aromatic heterocycles. The summed E-state index contributed by atoms with van der Waals surface area (Å²) in [5, 5.41) is 1.38. The average Bonchev–Trinajstić information content (AvgIpc) is 3.04. The highest BCUT2D eigenvalue weighted by molar-refractivity contribution is 6.31. The van der Waals surface area contributed by atoms with Gasteiger partial charge in [0, 0.05) is 22.5 Å². The topological polar surface area (TPSA) is 48.9 Å². The van der Waals surface area contributed by atoms with Gasteiger partial charge in [-0.25, -0.2) is 13.8 Å². The Kier molecular flexibility index (Phi) is 5.15. The highest BCUT2D eigenvalue weighted by Gasteiger charge is 2.22. The molecular weight excluding hydrogens is 464 g/mol. The molecule has 0 aliphatic rings. The van der Waals surface area contributed by atoms with Crippen LogP contribution in [0.15, 0.2) is 70.3 Å². The number of aryl methyl sites for hydroxylation is 2. The molecule has 166 valence electrons. The molecule has 0 N–H and O–H groups in total. The molecule has 0 saturated heterocycles. The third kappa shape index (κ3) is 3.46. The van der Waals surface area contributed by atoms with Crippen LogP contribution in [-0.4, -0.2) is 13.7 Å². The second-order valence-electron chi connectivity index (χ2n) is 8.00. The number of hydrogen-bond acceptors (Lipinski definition) is 2. The maximum atomic E-state index is 13.8. The van der Waals surface area contributed by atoms with E-state index in [1.54, 1.807) is 41.9 Å². The van der Waals surface area contributed by atoms with E-state index >= 15 is 0 Å². The molecule has 0 amide bonds. The van der Waals surface area contributed by atoms with Crippen molar-refractivity contribution in [2.75, 3.05) is 0 Å². The van der Waals surface area contributed by atoms with Gasteiger partial charge in [-0.1, -0.05) is 47.0 Å². The van der Waals surface area contributed by atoms with Crippen molar-refractivity contribution in [3.63, 3.8) is 0 Å². The summed E-state index contributed by atoms with van der Waals surface area (Å²) < 4.78 is 18.0. The molecule has 8 heteroatoms. The molecule has 0 spiro atoms. The minimum absolute atomic E-state index is 0.0579. The van der Waals surface area contributed by atoms with E-state index in [0.717, 1.165) is 21.0 Å². The lowest BCUT2D eigenvalue weighted by Crippen LogP contribution is -2.39. The Labute approximate surface area is 197 Å². The van der Waals surface area contributed by atoms with Crippen LogP contribution in [0.25, 0.3) is 27.6 Å². The number of benzene rings is 3. The standard InChI is InChI=1S/C25H18Cl2FN3O2/c1-14-6-9-21-19(10-14)22-23(29(21)2)24(32)31(18-5-3-4-16(26)11-18)25(33)30(22)13-15-7-8-17(28)12-20(15)27/h3-12H,13H2,1-2H3. The minimum Gasteiger partial charge on any atom is -0.338 e. The fraction of sp³-hybridized carbons (Fsp3) is 0.120. The minimum atomic E-state index is -0.538. The Bertz CT molecular complexity index is 1700. The van der Waals surface area contributed by atoms with E-state index in [2.05, 4.69) is 0 Å². The summed E-state index contributed by atoms with van der Waals surface area (Å²) in [7, 11) is 1.80. The first-order valence-electron chi connectivity index (χ1n) is 10.2. The van der Waals surface area contributed by atoms with Crippen LogP contribution in [0, 0.1) is 12.7 Å². The lowest BCUT2D eigenvalue weighted by Gasteiger charge is -2.14. The maximum absolute atomic E-state index is 13.8. The molecule has 5 nitrogen and oxygen atoms in total. The van der Waals surface area contributed by atoms with Gasteiger partial charge >= 0.3 is 5.69 Å². The summed E-state index contributed by atoms with van der Waals surface area (Å²) in [6, 6.07) is 16.4. The summed E-state index contributed by atoms with van der Waals surface area (Å²) in [5.74, 6) is -0.467. The van der Waals surface area contributed by atoms with Gasteiger partial charge in [-0.3, -0.25) is 9.36 Å². The molecule has 2 heterocycles. The summed E-state index contributed by atoms with van der Waals surface area (Å²) in [4.78, 5) is 27.5. The van der Waals surface area contributed by atoms with Gasteiger partial charge < -0.3 is 4.57 Å². The molecule has 0 fully saturated rings. The van der Waals surface area contributed by atoms with Crippen LogP contribution in [-0.2, 0) is 13.6 Å². The van der Waals surface area contributed by atoms with Crippen molar-refractivity contribution in [2.45, 2.75) is 13.5 Å². The molecule has 0 aliphatic heterocycles. The average molecular weight is 482 g/mol. The van der Waals surface area contributed by atoms with Crippen LogP contribution in [0.2, 0.25) is 10.0 Å². The van der Waals surface area contributed by atoms with Crippen molar-refractivity contribution >= 4 is 45.1 Å². The fourth-order valence-electron chi connectivity index (χ4n) is 4.28. The van der Waals surface area contributed by atoms with Crippen LogP contribution in [0.4, 0.5) is 4.39 Å². The summed E-state index contributed by atoms with van der Waals surface area (Å²) >= 11 is 12.4. The second-order valence-corrected chi connectivity index (χ2v) is 8.85. The van der Waals surface area contributed by atoms with Crippen molar-refractivity contribution < 1.29 is 4.39 Å². The van der Waals surface area contributed by atoms with Crippen LogP contribution < -0.4 is 11.2 Å². The molecular formula is C25H18Cl2FN3O2. The SMILES string of the molecule is Cc1ccc2c(c1)c1c(c(=O)n(-c3cccc(Cl)c3)c(=O)n1Cc1ccc(F)cc1Cl)n2C. The number of nitrogens with zero attached hydrogens (tertiary/aromatic N) is 3. The van der Waals surface area contributed by atoms with Crippen LogP contribution in [0.1, 0.15) is 11.1 Å². The van der Waals surface area contributed by atoms with Crippen molar-refractivity contribution in [3.05, 3.63) is 108 Å². The van der Waals surface area contributed by atoms with Gasteiger partial charge in [0.1, 0.15) is 11.3 Å². The van der Waals surface area contributed by atoms with Gasteiger partial charge in [0.05, 0.1) is 23.3 Å². The van der Waals surface area contributed by atoms with Gasteiger partial charge in [-0.2, -0.15) is 0 Å². The zero-order valence-electron chi connectivity index (χ0n) is 17.8. The Morgan fingerprint density at radius 2 is 1.73 bits per heavy atom. The zero-order valence-corrected chi connectivity index (χ0v) is 19.3. The first-order valence-corrected chi connectivity index (χ1v) is 11.0. The molecule has 5 rings (SSSR count). The number of hydrogen-bond donors (Lipinski definition) is 0. The molecule has 0 bridgehead atoms. The van der Waals surface area contributed by atoms with Crippen molar-refractivity contribution in [3.8, 4) is 5.69 Å². The highest BCUT2D eigenvalue weighted by Crippen LogP contribution is 2.28. The molecule has 3 aromatic carbocycles. The van der Waals surface area contributed by atoms with Crippen molar-refractivity contribution in [1.29, 1.82) is 0 Å². The van der Waals surface area contributed by atoms with Crippen molar-refractivity contribution in [2.24, 2.45) is 7.05 Å². The van der Waals surface area contributed by atoms with E-state index in [4.69, 9.17) is 23.2 Å². The van der Waals surface area contributed by atoms with E-state index in [1.165, 1.54) is 16.7 Å². The zero-order chi connectivity index (χ0) is 23.4. The Balaban J connectivity index is 1.95. The number of fused-ring (bicyclic) bond motifs is 3. The van der Waals surface area contributed by atoms with Gasteiger partial charge in [0.2, 0.25) is 0 Å².